The van der Waals surface area contributed by atoms with Gasteiger partial charge in [0.05, 0.1) is 0 Å². The van der Waals surface area contributed by atoms with E-state index in [4.69, 9.17) is 21.4 Å². The van der Waals surface area contributed by atoms with Gasteiger partial charge in [-0.05, 0) is 73.2 Å². The van der Waals surface area contributed by atoms with Gasteiger partial charge in [0.1, 0.15) is 11.3 Å². The molecule has 0 spiro atoms. The number of thiocarbonyl (C=S) groups is 1. The molecule has 2 N–H and O–H groups in total. The Morgan fingerprint density at radius 1 is 1.07 bits per heavy atom. The van der Waals surface area contributed by atoms with Crippen LogP contribution in [-0.4, -0.2) is 22.6 Å². The molecule has 4 rings (SSSR count). The average molecular weight is 417 g/mol. The number of para-hydroxylation sites is 1. The summed E-state index contributed by atoms with van der Waals surface area (Å²) in [6.45, 7) is 1.89. The first kappa shape index (κ1) is 19.6. The van der Waals surface area contributed by atoms with E-state index in [0.717, 1.165) is 27.9 Å². The monoisotopic (exact) mass is 417 g/mol. The van der Waals surface area contributed by atoms with Crippen molar-refractivity contribution in [3.05, 3.63) is 78.4 Å². The normalized spacial score (nSPS) is 10.6. The number of oxazole rings is 1. The Kier molecular flexibility index (Phi) is 5.72. The van der Waals surface area contributed by atoms with Crippen LogP contribution in [0.25, 0.3) is 22.6 Å². The first-order chi connectivity index (χ1) is 14.6. The van der Waals surface area contributed by atoms with Gasteiger partial charge in [-0.3, -0.25) is 10.1 Å². The van der Waals surface area contributed by atoms with Gasteiger partial charge in [0.25, 0.3) is 5.91 Å². The van der Waals surface area contributed by atoms with Gasteiger partial charge < -0.3 is 14.5 Å². The Bertz CT molecular complexity index is 1190. The van der Waals surface area contributed by atoms with Crippen LogP contribution >= 0.6 is 12.2 Å². The molecule has 4 aromatic rings. The van der Waals surface area contributed by atoms with Gasteiger partial charge in [0, 0.05) is 11.3 Å². The van der Waals surface area contributed by atoms with Gasteiger partial charge in [-0.15, -0.1) is 0 Å². The summed E-state index contributed by atoms with van der Waals surface area (Å²) in [5, 5.41) is 5.77. The van der Waals surface area contributed by atoms with E-state index in [1.165, 1.54) is 0 Å². The molecule has 1 heterocycles. The third-order valence-corrected chi connectivity index (χ3v) is 4.50. The number of amides is 1. The summed E-state index contributed by atoms with van der Waals surface area (Å²) in [4.78, 5) is 16.5. The molecule has 0 atom stereocenters. The molecule has 0 radical (unpaired) electrons. The number of rotatable bonds is 5. The van der Waals surface area contributed by atoms with Gasteiger partial charge in [0.2, 0.25) is 5.89 Å². The number of nitrogens with zero attached hydrogens (tertiary/aromatic N) is 1. The Hall–Kier alpha value is -3.71. The van der Waals surface area contributed by atoms with Crippen LogP contribution in [0, 0.1) is 6.92 Å². The summed E-state index contributed by atoms with van der Waals surface area (Å²) >= 11 is 5.20. The second-order valence-corrected chi connectivity index (χ2v) is 7.08. The molecule has 0 unspecified atom stereocenters. The average Bonchev–Trinajstić information content (AvgIpc) is 3.16. The maximum Gasteiger partial charge on any atom is 0.264 e. The first-order valence-corrected chi connectivity index (χ1v) is 9.74. The lowest BCUT2D eigenvalue weighted by molar-refractivity contribution is -0.121. The molecule has 0 fully saturated rings. The summed E-state index contributed by atoms with van der Waals surface area (Å²) in [6.07, 6.45) is 0. The number of fused-ring (bicyclic) bond motifs is 1. The van der Waals surface area contributed by atoms with Gasteiger partial charge in [-0.1, -0.05) is 24.3 Å². The number of carbonyl (C=O) groups is 1. The molecule has 0 saturated carbocycles. The summed E-state index contributed by atoms with van der Waals surface area (Å²) in [5.41, 5.74) is 4.29. The van der Waals surface area contributed by atoms with E-state index < -0.39 is 0 Å². The summed E-state index contributed by atoms with van der Waals surface area (Å²) in [6, 6.07) is 22.4. The highest BCUT2D eigenvalue weighted by Crippen LogP contribution is 2.25. The van der Waals surface area contributed by atoms with Crippen molar-refractivity contribution in [3.63, 3.8) is 0 Å². The molecule has 0 aliphatic heterocycles. The lowest BCUT2D eigenvalue weighted by Crippen LogP contribution is -2.37. The third-order valence-electron chi connectivity index (χ3n) is 4.30. The van der Waals surface area contributed by atoms with Crippen LogP contribution in [-0.2, 0) is 4.79 Å². The van der Waals surface area contributed by atoms with Gasteiger partial charge in [-0.2, -0.15) is 0 Å². The van der Waals surface area contributed by atoms with Crippen molar-refractivity contribution < 1.29 is 13.9 Å². The standard InChI is InChI=1S/C23H19N3O3S/c1-15-7-12-20-19(13-15)25-22(29-20)16-8-10-17(11-9-16)24-23(30)26-21(27)14-28-18-5-3-2-4-6-18/h2-13H,14H2,1H3,(H2,24,26,27,30). The Labute approximate surface area is 178 Å². The highest BCUT2D eigenvalue weighted by molar-refractivity contribution is 7.80. The number of hydrogen-bond acceptors (Lipinski definition) is 5. The third kappa shape index (κ3) is 4.82. The lowest BCUT2D eigenvalue weighted by atomic mass is 10.2. The molecule has 0 saturated heterocycles. The fourth-order valence-electron chi connectivity index (χ4n) is 2.85. The number of aromatic nitrogens is 1. The molecule has 0 bridgehead atoms. The zero-order valence-electron chi connectivity index (χ0n) is 16.2. The van der Waals surface area contributed by atoms with Crippen molar-refractivity contribution in [2.24, 2.45) is 0 Å². The molecule has 3 aromatic carbocycles. The lowest BCUT2D eigenvalue weighted by Gasteiger charge is -2.10. The largest absolute Gasteiger partial charge is 0.484 e. The molecule has 6 nitrogen and oxygen atoms in total. The van der Waals surface area contributed by atoms with E-state index in [1.54, 1.807) is 12.1 Å². The maximum absolute atomic E-state index is 12.0. The van der Waals surface area contributed by atoms with Crippen LogP contribution in [0.4, 0.5) is 5.69 Å². The molecule has 150 valence electrons. The minimum Gasteiger partial charge on any atom is -0.484 e. The minimum atomic E-state index is -0.338. The van der Waals surface area contributed by atoms with Crippen molar-refractivity contribution in [1.82, 2.24) is 10.3 Å². The number of hydrogen-bond donors (Lipinski definition) is 2. The van der Waals surface area contributed by atoms with E-state index >= 15 is 0 Å². The van der Waals surface area contributed by atoms with Gasteiger partial charge >= 0.3 is 0 Å². The molecule has 7 heteroatoms. The second-order valence-electron chi connectivity index (χ2n) is 6.67. The van der Waals surface area contributed by atoms with Crippen molar-refractivity contribution in [1.29, 1.82) is 0 Å². The summed E-state index contributed by atoms with van der Waals surface area (Å²) < 4.78 is 11.2. The Balaban J connectivity index is 1.33. The van der Waals surface area contributed by atoms with Crippen LogP contribution < -0.4 is 15.4 Å². The quantitative estimate of drug-likeness (QED) is 0.459. The van der Waals surface area contributed by atoms with Crippen LogP contribution in [0.2, 0.25) is 0 Å². The summed E-state index contributed by atoms with van der Waals surface area (Å²) in [7, 11) is 0. The number of aryl methyl sites for hydroxylation is 1. The van der Waals surface area contributed by atoms with E-state index in [1.807, 2.05) is 67.6 Å². The number of ether oxygens (including phenoxy) is 1. The van der Waals surface area contributed by atoms with E-state index in [0.29, 0.717) is 11.6 Å². The van der Waals surface area contributed by atoms with Crippen molar-refractivity contribution in [3.8, 4) is 17.2 Å². The van der Waals surface area contributed by atoms with Crippen LogP contribution in [0.1, 0.15) is 5.56 Å². The van der Waals surface area contributed by atoms with Gasteiger partial charge in [0.15, 0.2) is 17.3 Å². The summed E-state index contributed by atoms with van der Waals surface area (Å²) in [5.74, 6) is 0.835. The zero-order valence-corrected chi connectivity index (χ0v) is 17.0. The first-order valence-electron chi connectivity index (χ1n) is 9.33. The van der Waals surface area contributed by atoms with E-state index in [9.17, 15) is 4.79 Å². The smallest absolute Gasteiger partial charge is 0.264 e. The minimum absolute atomic E-state index is 0.123. The molecule has 30 heavy (non-hydrogen) atoms. The van der Waals surface area contributed by atoms with Crippen LogP contribution in [0.15, 0.2) is 77.2 Å². The second kappa shape index (κ2) is 8.75. The highest BCUT2D eigenvalue weighted by atomic mass is 32.1. The van der Waals surface area contributed by atoms with E-state index in [-0.39, 0.29) is 17.6 Å². The number of benzene rings is 3. The van der Waals surface area contributed by atoms with Crippen LogP contribution in [0.3, 0.4) is 0 Å². The predicted molar refractivity (Wildman–Crippen MR) is 120 cm³/mol. The van der Waals surface area contributed by atoms with Crippen molar-refractivity contribution in [2.75, 3.05) is 11.9 Å². The SMILES string of the molecule is Cc1ccc2oc(-c3ccc(NC(=S)NC(=O)COc4ccccc4)cc3)nc2c1. The van der Waals surface area contributed by atoms with Crippen LogP contribution in [0.5, 0.6) is 5.75 Å². The topological polar surface area (TPSA) is 76.4 Å². The number of carbonyl (C=O) groups excluding carboxylic acids is 1. The molecular formula is C23H19N3O3S. The number of anilines is 1. The Morgan fingerprint density at radius 2 is 1.83 bits per heavy atom. The molecular weight excluding hydrogens is 398 g/mol. The zero-order chi connectivity index (χ0) is 20.9. The molecule has 1 amide bonds. The molecule has 1 aromatic heterocycles. The van der Waals surface area contributed by atoms with Gasteiger partial charge in [-0.25, -0.2) is 4.98 Å². The number of nitrogens with one attached hydrogen (secondary N) is 2. The molecule has 0 aliphatic rings. The fourth-order valence-corrected chi connectivity index (χ4v) is 3.08. The Morgan fingerprint density at radius 3 is 2.60 bits per heavy atom. The fraction of sp³-hybridized carbons (Fsp3) is 0.0870. The van der Waals surface area contributed by atoms with Crippen molar-refractivity contribution in [2.45, 2.75) is 6.92 Å². The van der Waals surface area contributed by atoms with Crippen molar-refractivity contribution >= 4 is 40.0 Å². The van der Waals surface area contributed by atoms with E-state index in [2.05, 4.69) is 15.6 Å². The molecule has 0 aliphatic carbocycles. The maximum atomic E-state index is 12.0. The predicted octanol–water partition coefficient (Wildman–Crippen LogP) is 4.70. The highest BCUT2D eigenvalue weighted by Gasteiger charge is 2.09.